The van der Waals surface area contributed by atoms with E-state index in [1.165, 1.54) is 0 Å². The highest BCUT2D eigenvalue weighted by atomic mass is 31.3. The van der Waals surface area contributed by atoms with Gasteiger partial charge in [0.2, 0.25) is 0 Å². The van der Waals surface area contributed by atoms with Gasteiger partial charge in [0.15, 0.2) is 0 Å². The molecule has 1 rings (SSSR count). The lowest BCUT2D eigenvalue weighted by Crippen LogP contribution is -2.16. The number of rotatable bonds is 60. The third-order valence-electron chi connectivity index (χ3n) is 8.42. The molecule has 0 atom stereocenters. The summed E-state index contributed by atoms with van der Waals surface area (Å²) in [7, 11) is -1.97. The van der Waals surface area contributed by atoms with Gasteiger partial charge in [-0.05, 0) is 0 Å². The maximum absolute atomic E-state index is 6.58. The van der Waals surface area contributed by atoms with Crippen molar-refractivity contribution in [2.45, 2.75) is 0 Å². The molecule has 1 aliphatic heterocycles. The summed E-state index contributed by atoms with van der Waals surface area (Å²) in [6.45, 7) is 9.78. The second-order valence-electron chi connectivity index (χ2n) is 14.0. The van der Waals surface area contributed by atoms with Gasteiger partial charge in [-0.1, -0.05) is 0 Å². The Kier molecular flexibility index (Phi) is 51.1. The Morgan fingerprint density at radius 3 is 0.403 bits per heavy atom. The molecule has 27 nitrogen and oxygen atoms in total. The highest BCUT2D eigenvalue weighted by molar-refractivity contribution is 7.78. The number of hydrogen-bond donors (Lipinski definition) is 0. The van der Waals surface area contributed by atoms with E-state index in [-0.39, 0.29) is 79.3 Å². The predicted octanol–water partition coefficient (Wildman–Crippen LogP) is 4.02. The van der Waals surface area contributed by atoms with Crippen LogP contribution in [0.1, 0.15) is 0 Å². The van der Waals surface area contributed by atoms with Gasteiger partial charge in [0.25, 0.3) is 0 Å². The fourth-order valence-electron chi connectivity index (χ4n) is 4.98. The molecule has 0 aromatic rings. The molecule has 432 valence electrons. The van der Waals surface area contributed by atoms with E-state index in [0.29, 0.717) is 159 Å². The van der Waals surface area contributed by atoms with Crippen LogP contribution >= 0.6 is 23.0 Å². The number of nitrogens with zero attached hydrogens (tertiary/aromatic N) is 3. The topological polar surface area (TPSA) is 259 Å². The Morgan fingerprint density at radius 1 is 0.167 bits per heavy atom. The highest BCUT2D eigenvalue weighted by Gasteiger charge is 2.43. The monoisotopic (exact) mass is 1110 g/mol. The van der Waals surface area contributed by atoms with Gasteiger partial charge in [0, 0.05) is 42.7 Å². The third-order valence-corrected chi connectivity index (χ3v) is 17.0. The van der Waals surface area contributed by atoms with Gasteiger partial charge in [-0.15, -0.1) is 13.5 Å². The fraction of sp³-hybridized carbons (Fsp3) is 1.00. The molecule has 0 radical (unpaired) electrons. The highest BCUT2D eigenvalue weighted by Crippen LogP contribution is 2.80. The summed E-state index contributed by atoms with van der Waals surface area (Å²) in [4.78, 5) is 0. The summed E-state index contributed by atoms with van der Waals surface area (Å²) in [5, 5.41) is 0. The van der Waals surface area contributed by atoms with E-state index >= 15 is 0 Å². The summed E-state index contributed by atoms with van der Waals surface area (Å²) in [5.74, 6) is 0. The van der Waals surface area contributed by atoms with Crippen molar-refractivity contribution in [1.29, 1.82) is 0 Å². The van der Waals surface area contributed by atoms with E-state index in [2.05, 4.69) is 0 Å². The minimum absolute atomic E-state index is 0.0240. The molecule has 0 aromatic carbocycles. The van der Waals surface area contributed by atoms with E-state index in [0.717, 1.165) is 0 Å². The summed E-state index contributed by atoms with van der Waals surface area (Å²) < 4.78 is 154. The Hall–Kier alpha value is -0.270. The zero-order valence-corrected chi connectivity index (χ0v) is 46.6. The lowest BCUT2D eigenvalue weighted by molar-refractivity contribution is 0.0116. The lowest BCUT2D eigenvalue weighted by Gasteiger charge is -2.33. The second-order valence-corrected chi connectivity index (χ2v) is 20.7. The fourth-order valence-corrected chi connectivity index (χ4v) is 14.4. The zero-order chi connectivity index (χ0) is 52.0. The van der Waals surface area contributed by atoms with Crippen LogP contribution < -0.4 is 0 Å². The average molecular weight is 1110 g/mol. The molecule has 0 bridgehead atoms. The van der Waals surface area contributed by atoms with E-state index in [1.54, 1.807) is 42.7 Å². The summed E-state index contributed by atoms with van der Waals surface area (Å²) in [6.07, 6.45) is 0. The van der Waals surface area contributed by atoms with E-state index in [1.807, 2.05) is 0 Å². The van der Waals surface area contributed by atoms with Crippen LogP contribution in [0.25, 0.3) is 0 Å². The van der Waals surface area contributed by atoms with Crippen molar-refractivity contribution in [1.82, 2.24) is 0 Å². The van der Waals surface area contributed by atoms with Gasteiger partial charge in [-0.3, -0.25) is 0 Å². The Morgan fingerprint density at radius 2 is 0.278 bits per heavy atom. The van der Waals surface area contributed by atoms with Crippen LogP contribution in [-0.4, -0.2) is 281 Å². The third kappa shape index (κ3) is 40.9. The molecule has 30 heteroatoms. The number of ether oxygens (including phenoxy) is 18. The minimum Gasteiger partial charge on any atom is -0.382 e. The van der Waals surface area contributed by atoms with Crippen molar-refractivity contribution < 1.29 is 112 Å². The van der Waals surface area contributed by atoms with Crippen LogP contribution in [0.4, 0.5) is 0 Å². The summed E-state index contributed by atoms with van der Waals surface area (Å²) >= 11 is 0. The Balaban J connectivity index is 3.71. The molecule has 0 N–H and O–H groups in total. The van der Waals surface area contributed by atoms with Crippen LogP contribution in [0.15, 0.2) is 13.5 Å². The number of hydrogen-bond acceptors (Lipinski definition) is 27. The average Bonchev–Trinajstić information content (AvgIpc) is 3.38. The lowest BCUT2D eigenvalue weighted by atomic mass is 10.7. The molecule has 0 saturated heterocycles. The van der Waals surface area contributed by atoms with Crippen molar-refractivity contribution in [2.75, 3.05) is 281 Å². The maximum Gasteiger partial charge on any atom is 0.349 e. The molecule has 0 aromatic heterocycles. The molecule has 72 heavy (non-hydrogen) atoms. The molecule has 0 spiro atoms. The van der Waals surface area contributed by atoms with Crippen molar-refractivity contribution in [2.24, 2.45) is 13.5 Å². The minimum atomic E-state index is -3.87. The molecular weight excluding hydrogens is 1020 g/mol. The smallest absolute Gasteiger partial charge is 0.349 e. The quantitative estimate of drug-likeness (QED) is 0.0615. The Bertz CT molecular complexity index is 1090. The first kappa shape index (κ1) is 69.7. The van der Waals surface area contributed by atoms with Crippen molar-refractivity contribution in [3.63, 3.8) is 0 Å². The standard InChI is InChI=1S/C42H90N3O24P3/c1-46-7-13-52-19-25-58-31-37-64-70(65-38-32-59-26-20-53-14-8-47-2)43-71(66-39-33-60-27-21-54-15-9-48-3,67-40-34-61-28-22-55-16-10-49-4)45-72(44-70,68-41-35-62-29-23-56-17-11-50-5)69-42-36-63-30-24-57-18-12-51-6/h7-42H2,1-6H3. The predicted molar refractivity (Wildman–Crippen MR) is 265 cm³/mol. The second kappa shape index (κ2) is 52.8. The van der Waals surface area contributed by atoms with Crippen molar-refractivity contribution >= 4 is 23.0 Å². The molecule has 0 amide bonds. The first-order valence-corrected chi connectivity index (χ1v) is 28.7. The summed E-state index contributed by atoms with van der Waals surface area (Å²) in [6, 6.07) is 0. The molecule has 0 unspecified atom stereocenters. The maximum atomic E-state index is 6.58. The SMILES string of the molecule is COCCOCCOCCOP1(OCCOCCOCCOC)=NP(OCCOCCOCCOC)(OCCOCCOCCOC)=NP(OCCOCCOCCOC)(OCCOCCOCCOC)=N1. The molecule has 1 heterocycles. The molecular formula is C42H90N3O24P3. The normalized spacial score (nSPS) is 14.9. The van der Waals surface area contributed by atoms with E-state index in [4.69, 9.17) is 126 Å². The van der Waals surface area contributed by atoms with Crippen molar-refractivity contribution in [3.05, 3.63) is 0 Å². The van der Waals surface area contributed by atoms with Crippen LogP contribution in [0.3, 0.4) is 0 Å². The van der Waals surface area contributed by atoms with Crippen molar-refractivity contribution in [3.8, 4) is 0 Å². The molecule has 0 aliphatic carbocycles. The van der Waals surface area contributed by atoms with E-state index in [9.17, 15) is 0 Å². The van der Waals surface area contributed by atoms with Crippen LogP contribution in [-0.2, 0) is 112 Å². The van der Waals surface area contributed by atoms with Crippen LogP contribution in [0.5, 0.6) is 0 Å². The van der Waals surface area contributed by atoms with Gasteiger partial charge in [0.1, 0.15) is 0 Å². The van der Waals surface area contributed by atoms with Gasteiger partial charge < -0.3 is 112 Å². The van der Waals surface area contributed by atoms with Gasteiger partial charge >= 0.3 is 23.0 Å². The molecule has 1 aliphatic rings. The molecule has 0 saturated carbocycles. The van der Waals surface area contributed by atoms with E-state index < -0.39 is 23.0 Å². The van der Waals surface area contributed by atoms with Gasteiger partial charge in [0.05, 0.1) is 238 Å². The Labute approximate surface area is 428 Å². The first-order valence-electron chi connectivity index (χ1n) is 24.1. The van der Waals surface area contributed by atoms with Crippen LogP contribution in [0, 0.1) is 0 Å². The number of methoxy groups -OCH3 is 6. The first-order chi connectivity index (χ1) is 35.5. The largest absolute Gasteiger partial charge is 0.382 e. The summed E-state index contributed by atoms with van der Waals surface area (Å²) in [5.41, 5.74) is 0. The van der Waals surface area contributed by atoms with Crippen LogP contribution in [0.2, 0.25) is 0 Å². The molecule has 0 fully saturated rings. The zero-order valence-electron chi connectivity index (χ0n) is 43.9. The van der Waals surface area contributed by atoms with Gasteiger partial charge in [-0.2, -0.15) is 0 Å². The van der Waals surface area contributed by atoms with Gasteiger partial charge in [-0.25, -0.2) is 0 Å².